The number of guanidine groups is 1. The predicted octanol–water partition coefficient (Wildman–Crippen LogP) is 1.73. The summed E-state index contributed by atoms with van der Waals surface area (Å²) in [4.78, 5) is 20.6. The summed E-state index contributed by atoms with van der Waals surface area (Å²) in [6, 6.07) is 8.04. The van der Waals surface area contributed by atoms with Crippen LogP contribution in [0, 0.1) is 0 Å². The molecule has 1 heterocycles. The largest absolute Gasteiger partial charge is 0.495 e. The molecule has 26 heavy (non-hydrogen) atoms. The number of methoxy groups -OCH3 is 1. The number of anilines is 1. The van der Waals surface area contributed by atoms with Crippen molar-refractivity contribution in [1.82, 2.24) is 10.2 Å². The second-order valence-corrected chi connectivity index (χ2v) is 7.13. The van der Waals surface area contributed by atoms with E-state index in [0.717, 1.165) is 43.6 Å². The highest BCUT2D eigenvalue weighted by atomic mass is 16.6. The number of esters is 1. The van der Waals surface area contributed by atoms with E-state index in [2.05, 4.69) is 26.2 Å². The van der Waals surface area contributed by atoms with Gasteiger partial charge in [-0.2, -0.15) is 0 Å². The van der Waals surface area contributed by atoms with Gasteiger partial charge < -0.3 is 24.6 Å². The van der Waals surface area contributed by atoms with E-state index in [0.29, 0.717) is 0 Å². The van der Waals surface area contributed by atoms with Crippen molar-refractivity contribution in [3.8, 4) is 5.75 Å². The van der Waals surface area contributed by atoms with Gasteiger partial charge in [0, 0.05) is 33.2 Å². The van der Waals surface area contributed by atoms with Crippen LogP contribution in [0.3, 0.4) is 0 Å². The first-order chi connectivity index (χ1) is 12.3. The lowest BCUT2D eigenvalue weighted by molar-refractivity contribution is -0.153. The molecule has 0 bridgehead atoms. The number of para-hydroxylation sites is 2. The zero-order chi connectivity index (χ0) is 19.2. The molecule has 1 aliphatic heterocycles. The average molecular weight is 362 g/mol. The first-order valence-electron chi connectivity index (χ1n) is 8.89. The van der Waals surface area contributed by atoms with E-state index in [9.17, 15) is 4.79 Å². The van der Waals surface area contributed by atoms with E-state index in [1.165, 1.54) is 0 Å². The third kappa shape index (κ3) is 5.54. The van der Waals surface area contributed by atoms with Crippen LogP contribution >= 0.6 is 0 Å². The van der Waals surface area contributed by atoms with Gasteiger partial charge in [0.25, 0.3) is 0 Å². The number of hydrogen-bond donors (Lipinski definition) is 1. The van der Waals surface area contributed by atoms with Gasteiger partial charge in [-0.15, -0.1) is 0 Å². The number of carbonyl (C=O) groups excluding carboxylic acids is 1. The molecule has 7 nitrogen and oxygen atoms in total. The van der Waals surface area contributed by atoms with Crippen LogP contribution in [-0.4, -0.2) is 69.3 Å². The molecule has 1 aromatic rings. The molecular formula is C19H30N4O3. The maximum absolute atomic E-state index is 11.9. The molecule has 0 aliphatic carbocycles. The number of piperazine rings is 1. The molecule has 0 saturated carbocycles. The summed E-state index contributed by atoms with van der Waals surface area (Å²) >= 11 is 0. The number of carbonyl (C=O) groups is 1. The van der Waals surface area contributed by atoms with E-state index in [1.807, 2.05) is 39.0 Å². The highest BCUT2D eigenvalue weighted by Gasteiger charge is 2.22. The topological polar surface area (TPSA) is 66.4 Å². The number of nitrogens with zero attached hydrogens (tertiary/aromatic N) is 3. The summed E-state index contributed by atoms with van der Waals surface area (Å²) in [6.07, 6.45) is 0. The SMILES string of the molecule is CN=C(NCC(=O)OC(C)(C)C)N1CCN(c2ccccc2OC)CC1. The summed E-state index contributed by atoms with van der Waals surface area (Å²) < 4.78 is 10.8. The predicted molar refractivity (Wildman–Crippen MR) is 104 cm³/mol. The summed E-state index contributed by atoms with van der Waals surface area (Å²) in [7, 11) is 3.42. The normalized spacial score (nSPS) is 15.7. The van der Waals surface area contributed by atoms with Crippen LogP contribution in [0.5, 0.6) is 5.75 Å². The summed E-state index contributed by atoms with van der Waals surface area (Å²) in [6.45, 7) is 9.01. The molecule has 1 aliphatic rings. The second-order valence-electron chi connectivity index (χ2n) is 7.13. The van der Waals surface area contributed by atoms with E-state index in [4.69, 9.17) is 9.47 Å². The molecule has 0 amide bonds. The smallest absolute Gasteiger partial charge is 0.325 e. The molecule has 2 rings (SSSR count). The fraction of sp³-hybridized carbons (Fsp3) is 0.579. The summed E-state index contributed by atoms with van der Waals surface area (Å²) in [5, 5.41) is 3.10. The van der Waals surface area contributed by atoms with Crippen molar-refractivity contribution < 1.29 is 14.3 Å². The van der Waals surface area contributed by atoms with Crippen LogP contribution in [-0.2, 0) is 9.53 Å². The van der Waals surface area contributed by atoms with E-state index in [1.54, 1.807) is 14.2 Å². The molecule has 1 fully saturated rings. The lowest BCUT2D eigenvalue weighted by Crippen LogP contribution is -2.53. The van der Waals surface area contributed by atoms with Crippen molar-refractivity contribution in [3.63, 3.8) is 0 Å². The maximum Gasteiger partial charge on any atom is 0.325 e. The number of aliphatic imine (C=N–C) groups is 1. The first kappa shape index (κ1) is 19.9. The van der Waals surface area contributed by atoms with Gasteiger partial charge in [-0.1, -0.05) is 12.1 Å². The number of rotatable bonds is 4. The minimum Gasteiger partial charge on any atom is -0.495 e. The Morgan fingerprint density at radius 2 is 1.85 bits per heavy atom. The number of ether oxygens (including phenoxy) is 2. The Bertz CT molecular complexity index is 632. The van der Waals surface area contributed by atoms with Crippen molar-refractivity contribution in [1.29, 1.82) is 0 Å². The van der Waals surface area contributed by atoms with Gasteiger partial charge in [0.1, 0.15) is 17.9 Å². The zero-order valence-electron chi connectivity index (χ0n) is 16.4. The van der Waals surface area contributed by atoms with Gasteiger partial charge in [-0.05, 0) is 32.9 Å². The quantitative estimate of drug-likeness (QED) is 0.500. The van der Waals surface area contributed by atoms with Crippen LogP contribution in [0.15, 0.2) is 29.3 Å². The standard InChI is InChI=1S/C19H30N4O3/c1-19(2,3)26-17(24)14-21-18(20-4)23-12-10-22(11-13-23)15-8-6-7-9-16(15)25-5/h6-9H,10-14H2,1-5H3,(H,20,21). The van der Waals surface area contributed by atoms with Gasteiger partial charge in [-0.3, -0.25) is 9.79 Å². The van der Waals surface area contributed by atoms with E-state index >= 15 is 0 Å². The highest BCUT2D eigenvalue weighted by molar-refractivity contribution is 5.84. The Morgan fingerprint density at radius 3 is 2.42 bits per heavy atom. The minimum atomic E-state index is -0.483. The second kappa shape index (κ2) is 8.78. The van der Waals surface area contributed by atoms with Crippen LogP contribution in [0.25, 0.3) is 0 Å². The lowest BCUT2D eigenvalue weighted by atomic mass is 10.2. The Balaban J connectivity index is 1.88. The average Bonchev–Trinajstić information content (AvgIpc) is 2.61. The van der Waals surface area contributed by atoms with Crippen molar-refractivity contribution in [2.24, 2.45) is 4.99 Å². The van der Waals surface area contributed by atoms with Crippen LogP contribution in [0.2, 0.25) is 0 Å². The third-order valence-electron chi connectivity index (χ3n) is 4.03. The van der Waals surface area contributed by atoms with E-state index < -0.39 is 5.60 Å². The Hall–Kier alpha value is -2.44. The molecule has 0 atom stereocenters. The molecule has 0 aromatic heterocycles. The molecule has 1 N–H and O–H groups in total. The van der Waals surface area contributed by atoms with Crippen molar-refractivity contribution in [3.05, 3.63) is 24.3 Å². The van der Waals surface area contributed by atoms with Crippen molar-refractivity contribution in [2.75, 3.05) is 51.8 Å². The number of hydrogen-bond acceptors (Lipinski definition) is 5. The fourth-order valence-corrected chi connectivity index (χ4v) is 2.91. The number of nitrogens with one attached hydrogen (secondary N) is 1. The summed E-state index contributed by atoms with van der Waals surface area (Å²) in [5.41, 5.74) is 0.620. The Kier molecular flexibility index (Phi) is 6.71. The van der Waals surface area contributed by atoms with Gasteiger partial charge >= 0.3 is 5.97 Å². The van der Waals surface area contributed by atoms with Gasteiger partial charge in [0.05, 0.1) is 12.8 Å². The van der Waals surface area contributed by atoms with Crippen LogP contribution in [0.1, 0.15) is 20.8 Å². The lowest BCUT2D eigenvalue weighted by Gasteiger charge is -2.38. The first-order valence-corrected chi connectivity index (χ1v) is 8.89. The van der Waals surface area contributed by atoms with Crippen LogP contribution in [0.4, 0.5) is 5.69 Å². The molecule has 7 heteroatoms. The minimum absolute atomic E-state index is 0.108. The Labute approximate surface area is 156 Å². The molecule has 1 saturated heterocycles. The highest BCUT2D eigenvalue weighted by Crippen LogP contribution is 2.28. The molecule has 0 spiro atoms. The molecule has 0 unspecified atom stereocenters. The van der Waals surface area contributed by atoms with Gasteiger partial charge in [0.15, 0.2) is 5.96 Å². The van der Waals surface area contributed by atoms with Crippen molar-refractivity contribution in [2.45, 2.75) is 26.4 Å². The zero-order valence-corrected chi connectivity index (χ0v) is 16.4. The van der Waals surface area contributed by atoms with Crippen molar-refractivity contribution >= 4 is 17.6 Å². The van der Waals surface area contributed by atoms with Gasteiger partial charge in [-0.25, -0.2) is 0 Å². The van der Waals surface area contributed by atoms with Gasteiger partial charge in [0.2, 0.25) is 0 Å². The van der Waals surface area contributed by atoms with Crippen LogP contribution < -0.4 is 15.0 Å². The maximum atomic E-state index is 11.9. The molecule has 144 valence electrons. The fourth-order valence-electron chi connectivity index (χ4n) is 2.91. The number of benzene rings is 1. The van der Waals surface area contributed by atoms with E-state index in [-0.39, 0.29) is 12.5 Å². The molecular weight excluding hydrogens is 332 g/mol. The molecule has 1 aromatic carbocycles. The molecule has 0 radical (unpaired) electrons. The Morgan fingerprint density at radius 1 is 1.19 bits per heavy atom. The summed E-state index contributed by atoms with van der Waals surface area (Å²) in [5.74, 6) is 1.32. The monoisotopic (exact) mass is 362 g/mol. The third-order valence-corrected chi connectivity index (χ3v) is 4.03.